The Hall–Kier alpha value is -3.55. The maximum atomic E-state index is 6.05. The average Bonchev–Trinajstić information content (AvgIpc) is 3.52. The molecule has 13 nitrogen and oxygen atoms in total. The van der Waals surface area contributed by atoms with Gasteiger partial charge in [-0.3, -0.25) is 9.58 Å². The van der Waals surface area contributed by atoms with E-state index in [4.69, 9.17) is 9.72 Å². The summed E-state index contributed by atoms with van der Waals surface area (Å²) in [6.45, 7) is 7.77. The summed E-state index contributed by atoms with van der Waals surface area (Å²) in [4.78, 5) is 25.5. The van der Waals surface area contributed by atoms with Gasteiger partial charge in [0.15, 0.2) is 5.65 Å². The van der Waals surface area contributed by atoms with E-state index < -0.39 is 0 Å². The molecule has 4 aromatic rings. The topological polar surface area (TPSA) is 119 Å². The maximum Gasteiger partial charge on any atom is 0.225 e. The second-order valence-corrected chi connectivity index (χ2v) is 9.49. The molecule has 2 aliphatic rings. The van der Waals surface area contributed by atoms with Crippen molar-refractivity contribution in [2.24, 2.45) is 7.05 Å². The minimum Gasteiger partial charge on any atom is -0.373 e. The Morgan fingerprint density at radius 1 is 0.972 bits per heavy atom. The molecule has 4 aromatic heterocycles. The van der Waals surface area contributed by atoms with Gasteiger partial charge in [-0.1, -0.05) is 5.21 Å². The first-order chi connectivity index (χ1) is 17.6. The molecule has 2 fully saturated rings. The highest BCUT2D eigenvalue weighted by Gasteiger charge is 2.25. The van der Waals surface area contributed by atoms with Crippen LogP contribution in [0.15, 0.2) is 31.0 Å². The first-order valence-corrected chi connectivity index (χ1v) is 12.2. The molecule has 0 aliphatic carbocycles. The number of likely N-dealkylation sites (N-methyl/N-ethyl adjacent to an activating group) is 1. The van der Waals surface area contributed by atoms with Crippen LogP contribution in [0.2, 0.25) is 0 Å². The maximum absolute atomic E-state index is 6.05. The lowest BCUT2D eigenvalue weighted by Gasteiger charge is -2.33. The van der Waals surface area contributed by atoms with Crippen LogP contribution in [-0.2, 0) is 24.9 Å². The van der Waals surface area contributed by atoms with Gasteiger partial charge in [-0.25, -0.2) is 24.6 Å². The summed E-state index contributed by atoms with van der Waals surface area (Å²) >= 11 is 0. The molecule has 0 bridgehead atoms. The number of hydrogen-bond acceptors (Lipinski definition) is 11. The number of rotatable bonds is 6. The SMILES string of the molecule is CN1CCN(Cc2cnc(N3CCOC(Cn4nnc5ncc(-c6cnn(C)c6)nc54)C3)nc2)CC1. The minimum atomic E-state index is -0.0962. The fraction of sp³-hybridized carbons (Fsp3) is 0.522. The molecule has 0 N–H and O–H groups in total. The highest BCUT2D eigenvalue weighted by Crippen LogP contribution is 2.19. The van der Waals surface area contributed by atoms with Crippen molar-refractivity contribution in [3.63, 3.8) is 0 Å². The van der Waals surface area contributed by atoms with Gasteiger partial charge in [0.25, 0.3) is 0 Å². The van der Waals surface area contributed by atoms with Crippen LogP contribution in [0.4, 0.5) is 5.95 Å². The van der Waals surface area contributed by atoms with Crippen LogP contribution in [0.25, 0.3) is 22.6 Å². The average molecular weight is 491 g/mol. The number of morpholine rings is 1. The zero-order valence-corrected chi connectivity index (χ0v) is 20.6. The van der Waals surface area contributed by atoms with E-state index in [9.17, 15) is 0 Å². The van der Waals surface area contributed by atoms with Crippen LogP contribution < -0.4 is 4.90 Å². The molecule has 0 saturated carbocycles. The number of aryl methyl sites for hydroxylation is 1. The van der Waals surface area contributed by atoms with Crippen molar-refractivity contribution < 1.29 is 4.74 Å². The second kappa shape index (κ2) is 9.84. The summed E-state index contributed by atoms with van der Waals surface area (Å²) in [5.74, 6) is 0.729. The Kier molecular flexibility index (Phi) is 6.25. The van der Waals surface area contributed by atoms with Crippen molar-refractivity contribution in [1.82, 2.24) is 54.5 Å². The number of fused-ring (bicyclic) bond motifs is 1. The summed E-state index contributed by atoms with van der Waals surface area (Å²) in [6, 6.07) is 0. The monoisotopic (exact) mass is 490 g/mol. The Morgan fingerprint density at radius 2 is 1.81 bits per heavy atom. The van der Waals surface area contributed by atoms with Crippen molar-refractivity contribution in [3.8, 4) is 11.3 Å². The van der Waals surface area contributed by atoms with E-state index in [1.807, 2.05) is 25.6 Å². The molecule has 6 rings (SSSR count). The number of ether oxygens (including phenoxy) is 1. The van der Waals surface area contributed by atoms with Crippen LogP contribution in [0.3, 0.4) is 0 Å². The Morgan fingerprint density at radius 3 is 2.58 bits per heavy atom. The van der Waals surface area contributed by atoms with E-state index in [-0.39, 0.29) is 6.10 Å². The Bertz CT molecular complexity index is 1310. The summed E-state index contributed by atoms with van der Waals surface area (Å²) in [7, 11) is 4.04. The van der Waals surface area contributed by atoms with Crippen LogP contribution in [0, 0.1) is 0 Å². The van der Waals surface area contributed by atoms with E-state index in [0.29, 0.717) is 31.0 Å². The predicted octanol–water partition coefficient (Wildman–Crippen LogP) is 0.0646. The highest BCUT2D eigenvalue weighted by atomic mass is 16.5. The fourth-order valence-electron chi connectivity index (χ4n) is 4.63. The minimum absolute atomic E-state index is 0.0962. The summed E-state index contributed by atoms with van der Waals surface area (Å²) in [5, 5.41) is 12.7. The van der Waals surface area contributed by atoms with Gasteiger partial charge in [0.1, 0.15) is 0 Å². The fourth-order valence-corrected chi connectivity index (χ4v) is 4.63. The Balaban J connectivity index is 1.11. The number of aromatic nitrogens is 9. The molecule has 0 amide bonds. The van der Waals surface area contributed by atoms with Gasteiger partial charge >= 0.3 is 0 Å². The van der Waals surface area contributed by atoms with Crippen molar-refractivity contribution in [2.45, 2.75) is 19.2 Å². The van der Waals surface area contributed by atoms with Gasteiger partial charge in [0.2, 0.25) is 11.6 Å². The molecule has 188 valence electrons. The summed E-state index contributed by atoms with van der Waals surface area (Å²) in [5.41, 5.74) is 3.91. The molecule has 2 saturated heterocycles. The lowest BCUT2D eigenvalue weighted by Crippen LogP contribution is -2.45. The number of piperazine rings is 1. The van der Waals surface area contributed by atoms with E-state index in [1.54, 1.807) is 21.8 Å². The molecule has 36 heavy (non-hydrogen) atoms. The van der Waals surface area contributed by atoms with E-state index in [1.165, 1.54) is 0 Å². The largest absolute Gasteiger partial charge is 0.373 e. The molecular weight excluding hydrogens is 460 g/mol. The molecule has 2 aliphatic heterocycles. The van der Waals surface area contributed by atoms with E-state index in [0.717, 1.165) is 62.0 Å². The molecule has 1 unspecified atom stereocenters. The second-order valence-electron chi connectivity index (χ2n) is 9.49. The Labute approximate surface area is 208 Å². The standard InChI is InChI=1S/C23H30N12O/c1-31-3-5-33(6-4-31)13-17-9-25-23(26-10-17)34-7-8-36-19(15-34)16-35-22-21(29-30-35)24-12-20(28-22)18-11-27-32(2)14-18/h9-12,14,19H,3-8,13,15-16H2,1-2H3. The van der Waals surface area contributed by atoms with Crippen molar-refractivity contribution in [1.29, 1.82) is 0 Å². The first kappa shape index (κ1) is 22.9. The third-order valence-electron chi connectivity index (χ3n) is 6.72. The summed E-state index contributed by atoms with van der Waals surface area (Å²) < 4.78 is 9.54. The number of anilines is 1. The third kappa shape index (κ3) is 4.90. The third-order valence-corrected chi connectivity index (χ3v) is 6.72. The van der Waals surface area contributed by atoms with Gasteiger partial charge < -0.3 is 14.5 Å². The predicted molar refractivity (Wildman–Crippen MR) is 132 cm³/mol. The molecule has 0 aromatic carbocycles. The zero-order valence-electron chi connectivity index (χ0n) is 20.6. The van der Waals surface area contributed by atoms with Gasteiger partial charge in [-0.15, -0.1) is 5.10 Å². The van der Waals surface area contributed by atoms with Crippen molar-refractivity contribution in [2.75, 3.05) is 57.8 Å². The van der Waals surface area contributed by atoms with Crippen molar-refractivity contribution >= 4 is 17.2 Å². The number of nitrogens with zero attached hydrogens (tertiary/aromatic N) is 12. The summed E-state index contributed by atoms with van der Waals surface area (Å²) in [6.07, 6.45) is 9.17. The zero-order chi connectivity index (χ0) is 24.5. The smallest absolute Gasteiger partial charge is 0.225 e. The lowest BCUT2D eigenvalue weighted by molar-refractivity contribution is 0.0272. The molecule has 0 spiro atoms. The highest BCUT2D eigenvalue weighted by molar-refractivity contribution is 5.69. The molecular formula is C23H30N12O. The normalized spacial score (nSPS) is 19.8. The lowest BCUT2D eigenvalue weighted by atomic mass is 10.2. The number of hydrogen-bond donors (Lipinski definition) is 0. The quantitative estimate of drug-likeness (QED) is 0.365. The van der Waals surface area contributed by atoms with E-state index >= 15 is 0 Å². The molecule has 13 heteroatoms. The van der Waals surface area contributed by atoms with Gasteiger partial charge in [-0.05, 0) is 7.05 Å². The first-order valence-electron chi connectivity index (χ1n) is 12.2. The van der Waals surface area contributed by atoms with Gasteiger partial charge in [0, 0.05) is 82.6 Å². The van der Waals surface area contributed by atoms with Crippen LogP contribution in [-0.4, -0.2) is 114 Å². The van der Waals surface area contributed by atoms with Crippen LogP contribution in [0.5, 0.6) is 0 Å². The van der Waals surface area contributed by atoms with Crippen LogP contribution in [0.1, 0.15) is 5.56 Å². The van der Waals surface area contributed by atoms with Gasteiger partial charge in [-0.2, -0.15) is 5.10 Å². The molecule has 0 radical (unpaired) electrons. The molecule has 1 atom stereocenters. The molecule has 6 heterocycles. The van der Waals surface area contributed by atoms with Crippen molar-refractivity contribution in [3.05, 3.63) is 36.5 Å². The van der Waals surface area contributed by atoms with Gasteiger partial charge in [0.05, 0.1) is 37.3 Å². The van der Waals surface area contributed by atoms with E-state index in [2.05, 4.69) is 52.1 Å². The van der Waals surface area contributed by atoms with Crippen LogP contribution >= 0.6 is 0 Å².